The van der Waals surface area contributed by atoms with Crippen molar-refractivity contribution >= 4 is 12.2 Å². The molecule has 0 saturated carbocycles. The van der Waals surface area contributed by atoms with E-state index in [0.29, 0.717) is 5.56 Å². The molecule has 0 aliphatic rings. The van der Waals surface area contributed by atoms with E-state index in [4.69, 9.17) is 4.74 Å². The van der Waals surface area contributed by atoms with Gasteiger partial charge in [0.1, 0.15) is 5.75 Å². The molecule has 4 nitrogen and oxygen atoms in total. The Morgan fingerprint density at radius 1 is 1.15 bits per heavy atom. The van der Waals surface area contributed by atoms with E-state index in [1.165, 1.54) is 13.3 Å². The second-order valence-corrected chi connectivity index (χ2v) is 4.17. The van der Waals surface area contributed by atoms with Crippen molar-refractivity contribution in [1.82, 2.24) is 0 Å². The molecule has 0 fully saturated rings. The van der Waals surface area contributed by atoms with Crippen molar-refractivity contribution in [1.29, 1.82) is 0 Å². The van der Waals surface area contributed by atoms with Gasteiger partial charge in [-0.25, -0.2) is 4.79 Å². The number of aliphatic imine (C=N–C) groups is 1. The van der Waals surface area contributed by atoms with E-state index >= 15 is 0 Å². The molecule has 0 bridgehead atoms. The van der Waals surface area contributed by atoms with Gasteiger partial charge in [-0.05, 0) is 17.7 Å². The number of rotatable bonds is 4. The van der Waals surface area contributed by atoms with Crippen molar-refractivity contribution < 1.29 is 14.6 Å². The average Bonchev–Trinajstić information content (AvgIpc) is 2.50. The number of phenolic OH excluding ortho intramolecular Hbond substituents is 1. The van der Waals surface area contributed by atoms with Gasteiger partial charge in [0.2, 0.25) is 0 Å². The number of hydrogen-bond acceptors (Lipinski definition) is 4. The quantitative estimate of drug-likeness (QED) is 0.685. The summed E-state index contributed by atoms with van der Waals surface area (Å²) in [7, 11) is 1.33. The molecule has 2 rings (SSSR count). The summed E-state index contributed by atoms with van der Waals surface area (Å²) in [5, 5.41) is 9.68. The molecule has 0 heterocycles. The molecule has 0 aliphatic carbocycles. The van der Waals surface area contributed by atoms with Crippen molar-refractivity contribution in [2.45, 2.75) is 6.04 Å². The Hall–Kier alpha value is -2.62. The third-order valence-corrected chi connectivity index (χ3v) is 2.84. The molecule has 4 heteroatoms. The Bertz CT molecular complexity index is 608. The maximum Gasteiger partial charge on any atom is 0.335 e. The Balaban J connectivity index is 2.30. The first-order chi connectivity index (χ1) is 9.72. The van der Waals surface area contributed by atoms with E-state index in [0.717, 1.165) is 5.56 Å². The topological polar surface area (TPSA) is 58.9 Å². The van der Waals surface area contributed by atoms with E-state index in [2.05, 4.69) is 4.99 Å². The van der Waals surface area contributed by atoms with Gasteiger partial charge in [0.15, 0.2) is 6.04 Å². The first-order valence-electron chi connectivity index (χ1n) is 6.16. The van der Waals surface area contributed by atoms with Crippen LogP contribution in [0.5, 0.6) is 5.75 Å². The number of benzene rings is 2. The Morgan fingerprint density at radius 2 is 1.80 bits per heavy atom. The molecule has 0 aliphatic heterocycles. The second-order valence-electron chi connectivity index (χ2n) is 4.17. The summed E-state index contributed by atoms with van der Waals surface area (Å²) in [6, 6.07) is 15.2. The smallest absolute Gasteiger partial charge is 0.335 e. The third-order valence-electron chi connectivity index (χ3n) is 2.84. The van der Waals surface area contributed by atoms with Gasteiger partial charge in [0, 0.05) is 11.8 Å². The number of methoxy groups -OCH3 is 1. The molecule has 0 amide bonds. The maximum absolute atomic E-state index is 11.8. The van der Waals surface area contributed by atoms with Gasteiger partial charge < -0.3 is 9.84 Å². The lowest BCUT2D eigenvalue weighted by molar-refractivity contribution is -0.142. The molecule has 0 unspecified atom stereocenters. The molecular formula is C16H15NO3. The third kappa shape index (κ3) is 3.23. The first kappa shape index (κ1) is 13.8. The van der Waals surface area contributed by atoms with Gasteiger partial charge in [-0.1, -0.05) is 42.5 Å². The summed E-state index contributed by atoms with van der Waals surface area (Å²) < 4.78 is 4.77. The molecule has 1 N–H and O–H groups in total. The van der Waals surface area contributed by atoms with E-state index in [1.807, 2.05) is 30.3 Å². The number of para-hydroxylation sites is 1. The Morgan fingerprint density at radius 3 is 2.45 bits per heavy atom. The van der Waals surface area contributed by atoms with Gasteiger partial charge in [0.05, 0.1) is 7.11 Å². The molecule has 0 radical (unpaired) electrons. The van der Waals surface area contributed by atoms with Crippen LogP contribution in [0.15, 0.2) is 59.6 Å². The van der Waals surface area contributed by atoms with Gasteiger partial charge in [-0.15, -0.1) is 0 Å². The van der Waals surface area contributed by atoms with Crippen LogP contribution in [0.25, 0.3) is 0 Å². The van der Waals surface area contributed by atoms with Gasteiger partial charge in [0.25, 0.3) is 0 Å². The lowest BCUT2D eigenvalue weighted by Gasteiger charge is -2.10. The van der Waals surface area contributed by atoms with Crippen LogP contribution in [-0.4, -0.2) is 24.4 Å². The van der Waals surface area contributed by atoms with Gasteiger partial charge >= 0.3 is 5.97 Å². The number of esters is 1. The van der Waals surface area contributed by atoms with Crippen LogP contribution in [0, 0.1) is 0 Å². The summed E-state index contributed by atoms with van der Waals surface area (Å²) in [6.07, 6.45) is 1.48. The van der Waals surface area contributed by atoms with Crippen LogP contribution >= 0.6 is 0 Å². The normalized spacial score (nSPS) is 12.2. The van der Waals surface area contributed by atoms with Gasteiger partial charge in [-0.2, -0.15) is 0 Å². The van der Waals surface area contributed by atoms with Gasteiger partial charge in [-0.3, -0.25) is 4.99 Å². The second kappa shape index (κ2) is 6.52. The minimum Gasteiger partial charge on any atom is -0.507 e. The zero-order valence-electron chi connectivity index (χ0n) is 11.1. The van der Waals surface area contributed by atoms with Crippen molar-refractivity contribution in [3.05, 3.63) is 65.7 Å². The highest BCUT2D eigenvalue weighted by molar-refractivity contribution is 5.86. The summed E-state index contributed by atoms with van der Waals surface area (Å²) >= 11 is 0. The number of nitrogens with zero attached hydrogens (tertiary/aromatic N) is 1. The summed E-state index contributed by atoms with van der Waals surface area (Å²) in [4.78, 5) is 16.1. The fraction of sp³-hybridized carbons (Fsp3) is 0.125. The van der Waals surface area contributed by atoms with Crippen LogP contribution in [0.4, 0.5) is 0 Å². The number of carbonyl (C=O) groups is 1. The molecule has 0 spiro atoms. The van der Waals surface area contributed by atoms with Crippen molar-refractivity contribution in [2.75, 3.05) is 7.11 Å². The van der Waals surface area contributed by atoms with Crippen LogP contribution in [0.3, 0.4) is 0 Å². The van der Waals surface area contributed by atoms with E-state index < -0.39 is 12.0 Å². The fourth-order valence-electron chi connectivity index (χ4n) is 1.78. The highest BCUT2D eigenvalue weighted by Gasteiger charge is 2.19. The number of carbonyl (C=O) groups excluding carboxylic acids is 1. The highest BCUT2D eigenvalue weighted by Crippen LogP contribution is 2.20. The molecule has 20 heavy (non-hydrogen) atoms. The lowest BCUT2D eigenvalue weighted by atomic mass is 10.1. The monoisotopic (exact) mass is 269 g/mol. The van der Waals surface area contributed by atoms with Crippen molar-refractivity contribution in [3.63, 3.8) is 0 Å². The zero-order chi connectivity index (χ0) is 14.4. The molecule has 2 aromatic rings. The minimum atomic E-state index is -0.735. The Kier molecular flexibility index (Phi) is 4.50. The lowest BCUT2D eigenvalue weighted by Crippen LogP contribution is -2.12. The van der Waals surface area contributed by atoms with Crippen LogP contribution in [0.2, 0.25) is 0 Å². The Labute approximate surface area is 117 Å². The summed E-state index contributed by atoms with van der Waals surface area (Å²) in [5.74, 6) is -0.323. The van der Waals surface area contributed by atoms with Crippen LogP contribution < -0.4 is 0 Å². The number of aromatic hydroxyl groups is 1. The van der Waals surface area contributed by atoms with E-state index in [9.17, 15) is 9.90 Å². The molecule has 1 atom stereocenters. The standard InChI is InChI=1S/C16H15NO3/c1-20-16(19)15(12-7-3-2-4-8-12)17-11-13-9-5-6-10-14(13)18/h2-11,15,18H,1H3/t15-/m1/s1. The summed E-state index contributed by atoms with van der Waals surface area (Å²) in [5.41, 5.74) is 1.29. The number of hydrogen-bond donors (Lipinski definition) is 1. The molecule has 0 saturated heterocycles. The van der Waals surface area contributed by atoms with Crippen molar-refractivity contribution in [2.24, 2.45) is 4.99 Å². The molecule has 2 aromatic carbocycles. The minimum absolute atomic E-state index is 0.118. The van der Waals surface area contributed by atoms with Crippen LogP contribution in [-0.2, 0) is 9.53 Å². The van der Waals surface area contributed by atoms with E-state index in [-0.39, 0.29) is 5.75 Å². The summed E-state index contributed by atoms with van der Waals surface area (Å²) in [6.45, 7) is 0. The SMILES string of the molecule is COC(=O)[C@H](N=Cc1ccccc1O)c1ccccc1. The number of phenols is 1. The molecule has 102 valence electrons. The highest BCUT2D eigenvalue weighted by atomic mass is 16.5. The number of ether oxygens (including phenoxy) is 1. The average molecular weight is 269 g/mol. The molecular weight excluding hydrogens is 254 g/mol. The maximum atomic E-state index is 11.8. The van der Waals surface area contributed by atoms with Crippen LogP contribution in [0.1, 0.15) is 17.2 Å². The first-order valence-corrected chi connectivity index (χ1v) is 6.16. The zero-order valence-corrected chi connectivity index (χ0v) is 11.1. The largest absolute Gasteiger partial charge is 0.507 e. The molecule has 0 aromatic heterocycles. The van der Waals surface area contributed by atoms with E-state index in [1.54, 1.807) is 24.3 Å². The van der Waals surface area contributed by atoms with Crippen molar-refractivity contribution in [3.8, 4) is 5.75 Å². The predicted molar refractivity (Wildman–Crippen MR) is 76.9 cm³/mol. The fourth-order valence-corrected chi connectivity index (χ4v) is 1.78. The predicted octanol–water partition coefficient (Wildman–Crippen LogP) is 2.73.